The number of para-hydroxylation sites is 4. The molecule has 0 saturated heterocycles. The molecule has 0 bridgehead atoms. The summed E-state index contributed by atoms with van der Waals surface area (Å²) in [6, 6.07) is 62.1. The van der Waals surface area contributed by atoms with Gasteiger partial charge in [-0.15, -0.1) is 0 Å². The number of rotatable bonds is 4. The lowest BCUT2D eigenvalue weighted by Gasteiger charge is -2.34. The van der Waals surface area contributed by atoms with Gasteiger partial charge in [0, 0.05) is 21.5 Å². The highest BCUT2D eigenvalue weighted by Crippen LogP contribution is 2.57. The van der Waals surface area contributed by atoms with Gasteiger partial charge >= 0.3 is 0 Å². The Hall–Kier alpha value is -6.78. The van der Waals surface area contributed by atoms with Gasteiger partial charge in [-0.25, -0.2) is 9.97 Å². The highest BCUT2D eigenvalue weighted by molar-refractivity contribution is 6.10. The summed E-state index contributed by atoms with van der Waals surface area (Å²) in [6.07, 6.45) is 0. The number of pyridine rings is 2. The lowest BCUT2D eigenvalue weighted by molar-refractivity contribution is 0.584. The van der Waals surface area contributed by atoms with Gasteiger partial charge in [-0.2, -0.15) is 0 Å². The van der Waals surface area contributed by atoms with Crippen LogP contribution in [0.4, 0.5) is 0 Å². The Labute approximate surface area is 345 Å². The molecule has 0 N–H and O–H groups in total. The first kappa shape index (κ1) is 35.4. The Kier molecular flexibility index (Phi) is 7.56. The summed E-state index contributed by atoms with van der Waals surface area (Å²) in [6.45, 7) is 13.8. The Morgan fingerprint density at radius 2 is 0.712 bits per heavy atom. The van der Waals surface area contributed by atoms with E-state index in [2.05, 4.69) is 221 Å². The van der Waals surface area contributed by atoms with Crippen LogP contribution in [0.3, 0.4) is 0 Å². The van der Waals surface area contributed by atoms with Crippen molar-refractivity contribution in [1.82, 2.24) is 19.1 Å². The van der Waals surface area contributed by atoms with Gasteiger partial charge in [-0.05, 0) is 92.7 Å². The van der Waals surface area contributed by atoms with Crippen molar-refractivity contribution < 1.29 is 0 Å². The Morgan fingerprint density at radius 3 is 1.05 bits per heavy atom. The molecule has 11 rings (SSSR count). The highest BCUT2D eigenvalue weighted by atomic mass is 15.1. The van der Waals surface area contributed by atoms with Crippen molar-refractivity contribution in [2.24, 2.45) is 0 Å². The first-order valence-electron chi connectivity index (χ1n) is 20.8. The van der Waals surface area contributed by atoms with Crippen LogP contribution in [-0.4, -0.2) is 19.1 Å². The van der Waals surface area contributed by atoms with Gasteiger partial charge in [0.2, 0.25) is 0 Å². The van der Waals surface area contributed by atoms with E-state index in [9.17, 15) is 0 Å². The number of hydrogen-bond acceptors (Lipinski definition) is 2. The topological polar surface area (TPSA) is 35.6 Å². The van der Waals surface area contributed by atoms with Crippen LogP contribution >= 0.6 is 0 Å². The van der Waals surface area contributed by atoms with E-state index in [1.807, 2.05) is 0 Å². The summed E-state index contributed by atoms with van der Waals surface area (Å²) in [4.78, 5) is 11.7. The van der Waals surface area contributed by atoms with Crippen molar-refractivity contribution in [2.75, 3.05) is 0 Å². The predicted octanol–water partition coefficient (Wildman–Crippen LogP) is 13.6. The normalized spacial score (nSPS) is 13.7. The van der Waals surface area contributed by atoms with E-state index in [0.717, 1.165) is 45.1 Å². The van der Waals surface area contributed by atoms with Crippen LogP contribution in [0.25, 0.3) is 66.4 Å². The fraction of sp³-hybridized carbons (Fsp3) is 0.164. The van der Waals surface area contributed by atoms with Crippen LogP contribution in [0.1, 0.15) is 75.2 Å². The molecule has 0 radical (unpaired) electrons. The number of aromatic nitrogens is 4. The number of fused-ring (bicyclic) bond motifs is 9. The maximum absolute atomic E-state index is 5.84. The second-order valence-corrected chi connectivity index (χ2v) is 18.3. The van der Waals surface area contributed by atoms with Crippen molar-refractivity contribution in [1.29, 1.82) is 0 Å². The minimum absolute atomic E-state index is 0.0807. The summed E-state index contributed by atoms with van der Waals surface area (Å²) >= 11 is 0. The van der Waals surface area contributed by atoms with Crippen molar-refractivity contribution in [3.8, 4) is 22.8 Å². The minimum Gasteiger partial charge on any atom is -0.294 e. The van der Waals surface area contributed by atoms with Gasteiger partial charge in [0.05, 0.1) is 33.5 Å². The predicted molar refractivity (Wildman–Crippen MR) is 245 cm³/mol. The molecule has 0 saturated carbocycles. The molecule has 4 aromatic heterocycles. The van der Waals surface area contributed by atoms with Crippen molar-refractivity contribution in [3.63, 3.8) is 0 Å². The molecule has 10 aromatic rings. The Balaban J connectivity index is 1.27. The van der Waals surface area contributed by atoms with Crippen LogP contribution < -0.4 is 0 Å². The molecule has 0 spiro atoms. The molecular weight excluding hydrogens is 717 g/mol. The monoisotopic (exact) mass is 762 g/mol. The molecule has 6 aromatic carbocycles. The summed E-state index contributed by atoms with van der Waals surface area (Å²) in [5, 5.41) is 4.86. The van der Waals surface area contributed by atoms with E-state index >= 15 is 0 Å². The molecule has 286 valence electrons. The van der Waals surface area contributed by atoms with Gasteiger partial charge in [0.1, 0.15) is 17.1 Å². The third-order valence-electron chi connectivity index (χ3n) is 12.7. The fourth-order valence-corrected chi connectivity index (χ4v) is 9.79. The summed E-state index contributed by atoms with van der Waals surface area (Å²) in [5.41, 5.74) is 12.9. The quantitative estimate of drug-likeness (QED) is 0.179. The zero-order valence-corrected chi connectivity index (χ0v) is 34.5. The summed E-state index contributed by atoms with van der Waals surface area (Å²) in [7, 11) is 0. The first-order valence-corrected chi connectivity index (χ1v) is 20.8. The number of hydrogen-bond donors (Lipinski definition) is 0. The van der Waals surface area contributed by atoms with Crippen LogP contribution in [0.15, 0.2) is 170 Å². The standard InChI is InChI=1S/C55H46N4/c1-53(2,3)35-29-31-37-38-32-30-36(54(4,5)6)34-44(38)55(43(37)33-35,49-25-15-27-51(56-49)58-45-21-11-7-17-39(45)40-18-8-12-22-46(40)58)50-26-16-28-52(57-50)59-47-23-13-9-19-41(47)42-20-10-14-24-48(42)59/h7-34H,1-6H3. The zero-order valence-electron chi connectivity index (χ0n) is 34.5. The van der Waals surface area contributed by atoms with Gasteiger partial charge < -0.3 is 0 Å². The summed E-state index contributed by atoms with van der Waals surface area (Å²) < 4.78 is 4.66. The molecule has 0 fully saturated rings. The van der Waals surface area contributed by atoms with Crippen molar-refractivity contribution in [2.45, 2.75) is 57.8 Å². The molecular formula is C55H46N4. The van der Waals surface area contributed by atoms with E-state index in [1.165, 1.54) is 54.9 Å². The first-order chi connectivity index (χ1) is 28.5. The molecule has 4 nitrogen and oxygen atoms in total. The lowest BCUT2D eigenvalue weighted by atomic mass is 9.70. The molecule has 0 atom stereocenters. The molecule has 1 aliphatic carbocycles. The van der Waals surface area contributed by atoms with Crippen LogP contribution in [0.2, 0.25) is 0 Å². The molecule has 0 unspecified atom stereocenters. The molecule has 4 heteroatoms. The Bertz CT molecular complexity index is 2980. The van der Waals surface area contributed by atoms with Crippen LogP contribution in [0.5, 0.6) is 0 Å². The maximum atomic E-state index is 5.84. The minimum atomic E-state index is -0.850. The van der Waals surface area contributed by atoms with Crippen molar-refractivity contribution in [3.05, 3.63) is 203 Å². The van der Waals surface area contributed by atoms with Crippen molar-refractivity contribution >= 4 is 43.6 Å². The van der Waals surface area contributed by atoms with Gasteiger partial charge in [0.15, 0.2) is 0 Å². The van der Waals surface area contributed by atoms with Gasteiger partial charge in [-0.3, -0.25) is 9.13 Å². The molecule has 0 amide bonds. The third-order valence-corrected chi connectivity index (χ3v) is 12.7. The molecule has 0 aliphatic heterocycles. The van der Waals surface area contributed by atoms with Crippen LogP contribution in [-0.2, 0) is 16.2 Å². The van der Waals surface area contributed by atoms with Gasteiger partial charge in [-0.1, -0.05) is 163 Å². The van der Waals surface area contributed by atoms with Gasteiger partial charge in [0.25, 0.3) is 0 Å². The number of nitrogens with zero attached hydrogens (tertiary/aromatic N) is 4. The summed E-state index contributed by atoms with van der Waals surface area (Å²) in [5.74, 6) is 1.76. The van der Waals surface area contributed by atoms with E-state index in [1.54, 1.807) is 0 Å². The molecule has 4 heterocycles. The lowest BCUT2D eigenvalue weighted by Crippen LogP contribution is -2.32. The van der Waals surface area contributed by atoms with E-state index < -0.39 is 5.41 Å². The van der Waals surface area contributed by atoms with E-state index in [-0.39, 0.29) is 10.8 Å². The maximum Gasteiger partial charge on any atom is 0.137 e. The molecule has 1 aliphatic rings. The fourth-order valence-electron chi connectivity index (χ4n) is 9.79. The third kappa shape index (κ3) is 5.15. The zero-order chi connectivity index (χ0) is 40.3. The van der Waals surface area contributed by atoms with E-state index in [4.69, 9.17) is 9.97 Å². The van der Waals surface area contributed by atoms with Crippen LogP contribution in [0, 0.1) is 0 Å². The second kappa shape index (κ2) is 12.6. The largest absolute Gasteiger partial charge is 0.294 e. The second-order valence-electron chi connectivity index (χ2n) is 18.3. The van der Waals surface area contributed by atoms with E-state index in [0.29, 0.717) is 0 Å². The highest BCUT2D eigenvalue weighted by Gasteiger charge is 2.49. The number of benzene rings is 6. The SMILES string of the molecule is CC(C)(C)c1ccc2c(c1)C(c1cccc(-n3c4ccccc4c4ccccc43)n1)(c1cccc(-n3c4ccccc4c4ccccc43)n1)c1cc(C(C)(C)C)ccc1-2. The molecule has 59 heavy (non-hydrogen) atoms. The average molecular weight is 763 g/mol. The average Bonchev–Trinajstić information content (AvgIpc) is 3.87. The smallest absolute Gasteiger partial charge is 0.137 e. The Morgan fingerprint density at radius 1 is 0.373 bits per heavy atom.